The summed E-state index contributed by atoms with van der Waals surface area (Å²) < 4.78 is 14.2. The first kappa shape index (κ1) is 25.6. The summed E-state index contributed by atoms with van der Waals surface area (Å²) >= 11 is 0. The van der Waals surface area contributed by atoms with Crippen molar-refractivity contribution in [2.75, 3.05) is 38.0 Å². The van der Waals surface area contributed by atoms with Crippen molar-refractivity contribution >= 4 is 17.4 Å². The summed E-state index contributed by atoms with van der Waals surface area (Å²) in [4.78, 5) is 38.1. The number of H-pyrrole nitrogens is 1. The van der Waals surface area contributed by atoms with Crippen LogP contribution in [0.15, 0.2) is 69.6 Å². The van der Waals surface area contributed by atoms with Crippen molar-refractivity contribution < 1.29 is 9.18 Å². The van der Waals surface area contributed by atoms with Crippen LogP contribution in [0.4, 0.5) is 10.1 Å². The molecule has 0 spiro atoms. The summed E-state index contributed by atoms with van der Waals surface area (Å²) in [7, 11) is 0. The number of likely N-dealkylation sites (tertiary alicyclic amines) is 2. The molecular formula is C30H35FN6O2. The first-order chi connectivity index (χ1) is 19.0. The highest BCUT2D eigenvalue weighted by Crippen LogP contribution is 2.32. The molecule has 6 rings (SSSR count). The Morgan fingerprint density at radius 1 is 1.13 bits per heavy atom. The maximum atomic E-state index is 14.2. The SMILES string of the molecule is CC(Cc1ccccc1F)Nc1cc[nH]c(=O)c1C1=NC2C=C3C(=O)N(CCCN4CCCC4)CC3=CC2N1. The Balaban J connectivity index is 1.15. The molecule has 3 N–H and O–H groups in total. The number of aromatic nitrogens is 1. The molecule has 2 fully saturated rings. The van der Waals surface area contributed by atoms with Gasteiger partial charge in [-0.2, -0.15) is 0 Å². The molecule has 4 aliphatic rings. The summed E-state index contributed by atoms with van der Waals surface area (Å²) in [5.41, 5.74) is 3.18. The Labute approximate surface area is 227 Å². The number of amidine groups is 1. The topological polar surface area (TPSA) is 92.8 Å². The maximum Gasteiger partial charge on any atom is 0.261 e. The number of nitrogens with one attached hydrogen (secondary N) is 3. The van der Waals surface area contributed by atoms with Crippen molar-refractivity contribution in [2.24, 2.45) is 4.99 Å². The molecule has 3 aliphatic heterocycles. The number of aliphatic imine (C=N–C) groups is 1. The summed E-state index contributed by atoms with van der Waals surface area (Å²) in [6.07, 6.45) is 9.66. The lowest BCUT2D eigenvalue weighted by Gasteiger charge is -2.19. The standard InChI is InChI=1S/C30H35FN6O2/c1-19(15-20-7-2-3-8-23(20)31)33-24-9-10-32-29(38)27(24)28-34-25-16-21-18-37(14-6-13-36-11-4-5-12-36)30(39)22(21)17-26(25)35-28/h2-3,7-10,16-17,19,25-26H,4-6,11-15,18H2,1H3,(H,34,35)(H2,32,33,38). The number of nitrogens with zero attached hydrogens (tertiary/aromatic N) is 3. The van der Waals surface area contributed by atoms with Crippen LogP contribution in [0.25, 0.3) is 0 Å². The fourth-order valence-corrected chi connectivity index (χ4v) is 6.12. The lowest BCUT2D eigenvalue weighted by atomic mass is 9.94. The van der Waals surface area contributed by atoms with Gasteiger partial charge in [-0.15, -0.1) is 0 Å². The van der Waals surface area contributed by atoms with E-state index in [1.165, 1.54) is 32.0 Å². The number of hydrogen-bond acceptors (Lipinski definition) is 6. The van der Waals surface area contributed by atoms with Gasteiger partial charge in [-0.05, 0) is 81.6 Å². The third-order valence-corrected chi connectivity index (χ3v) is 8.08. The molecule has 1 aromatic carbocycles. The Hall–Kier alpha value is -3.72. The zero-order valence-electron chi connectivity index (χ0n) is 22.3. The number of benzene rings is 1. The first-order valence-corrected chi connectivity index (χ1v) is 14.0. The number of anilines is 1. The molecule has 4 heterocycles. The van der Waals surface area contributed by atoms with Gasteiger partial charge in [-0.1, -0.05) is 24.3 Å². The summed E-state index contributed by atoms with van der Waals surface area (Å²) in [5.74, 6) is 0.331. The molecule has 0 radical (unpaired) electrons. The van der Waals surface area contributed by atoms with E-state index in [1.54, 1.807) is 24.4 Å². The average Bonchev–Trinajstić information content (AvgIpc) is 3.64. The van der Waals surface area contributed by atoms with Crippen LogP contribution in [-0.2, 0) is 11.2 Å². The van der Waals surface area contributed by atoms with Crippen molar-refractivity contribution in [3.63, 3.8) is 0 Å². The number of hydrogen-bond donors (Lipinski definition) is 3. The largest absolute Gasteiger partial charge is 0.381 e. The highest BCUT2D eigenvalue weighted by Gasteiger charge is 2.39. The van der Waals surface area contributed by atoms with E-state index in [2.05, 4.69) is 26.6 Å². The van der Waals surface area contributed by atoms with E-state index in [1.807, 2.05) is 24.0 Å². The van der Waals surface area contributed by atoms with Gasteiger partial charge in [-0.3, -0.25) is 14.6 Å². The molecule has 3 unspecified atom stereocenters. The Kier molecular flexibility index (Phi) is 7.08. The quantitative estimate of drug-likeness (QED) is 0.464. The molecule has 3 atom stereocenters. The second kappa shape index (κ2) is 10.8. The van der Waals surface area contributed by atoms with Gasteiger partial charge in [0.2, 0.25) is 0 Å². The highest BCUT2D eigenvalue weighted by atomic mass is 19.1. The molecule has 39 heavy (non-hydrogen) atoms. The Morgan fingerprint density at radius 2 is 1.95 bits per heavy atom. The van der Waals surface area contributed by atoms with Gasteiger partial charge >= 0.3 is 0 Å². The van der Waals surface area contributed by atoms with Gasteiger partial charge < -0.3 is 25.4 Å². The molecule has 2 saturated heterocycles. The highest BCUT2D eigenvalue weighted by molar-refractivity contribution is 6.06. The number of fused-ring (bicyclic) bond motifs is 2. The fourth-order valence-electron chi connectivity index (χ4n) is 6.12. The average molecular weight is 531 g/mol. The minimum Gasteiger partial charge on any atom is -0.381 e. The van der Waals surface area contributed by atoms with Crippen LogP contribution in [-0.4, -0.2) is 77.4 Å². The Bertz CT molecular complexity index is 1410. The zero-order valence-corrected chi connectivity index (χ0v) is 22.3. The molecule has 204 valence electrons. The second-order valence-electron chi connectivity index (χ2n) is 11.0. The predicted octanol–water partition coefficient (Wildman–Crippen LogP) is 2.84. The van der Waals surface area contributed by atoms with E-state index < -0.39 is 0 Å². The molecule has 1 amide bonds. The van der Waals surface area contributed by atoms with Gasteiger partial charge in [0.1, 0.15) is 17.2 Å². The maximum absolute atomic E-state index is 14.2. The molecule has 1 aliphatic carbocycles. The van der Waals surface area contributed by atoms with Gasteiger partial charge in [0.15, 0.2) is 0 Å². The number of pyridine rings is 1. The van der Waals surface area contributed by atoms with E-state index in [-0.39, 0.29) is 35.4 Å². The zero-order chi connectivity index (χ0) is 26.9. The number of carbonyl (C=O) groups is 1. The summed E-state index contributed by atoms with van der Waals surface area (Å²) in [6.45, 7) is 6.73. The predicted molar refractivity (Wildman–Crippen MR) is 151 cm³/mol. The monoisotopic (exact) mass is 530 g/mol. The van der Waals surface area contributed by atoms with Crippen LogP contribution in [0, 0.1) is 5.82 Å². The van der Waals surface area contributed by atoms with E-state index in [4.69, 9.17) is 4.99 Å². The fraction of sp³-hybridized carbons (Fsp3) is 0.433. The van der Waals surface area contributed by atoms with Crippen molar-refractivity contribution in [3.05, 3.63) is 87.1 Å². The van der Waals surface area contributed by atoms with Crippen molar-refractivity contribution in [2.45, 2.75) is 50.7 Å². The van der Waals surface area contributed by atoms with Gasteiger partial charge in [0, 0.05) is 30.9 Å². The van der Waals surface area contributed by atoms with Gasteiger partial charge in [-0.25, -0.2) is 4.39 Å². The van der Waals surface area contributed by atoms with Crippen molar-refractivity contribution in [1.29, 1.82) is 0 Å². The van der Waals surface area contributed by atoms with Crippen LogP contribution < -0.4 is 16.2 Å². The molecule has 2 aromatic rings. The van der Waals surface area contributed by atoms with Gasteiger partial charge in [0.25, 0.3) is 11.5 Å². The molecule has 0 bridgehead atoms. The minimum atomic E-state index is -0.260. The minimum absolute atomic E-state index is 0.0756. The molecule has 9 heteroatoms. The van der Waals surface area contributed by atoms with Crippen molar-refractivity contribution in [1.82, 2.24) is 20.1 Å². The van der Waals surface area contributed by atoms with Gasteiger partial charge in [0.05, 0.1) is 17.8 Å². The third kappa shape index (κ3) is 5.28. The smallest absolute Gasteiger partial charge is 0.261 e. The molecule has 1 aromatic heterocycles. The van der Waals surface area contributed by atoms with Crippen molar-refractivity contribution in [3.8, 4) is 0 Å². The van der Waals surface area contributed by atoms with Crippen LogP contribution in [0.2, 0.25) is 0 Å². The van der Waals surface area contributed by atoms with E-state index in [9.17, 15) is 14.0 Å². The van der Waals surface area contributed by atoms with Crippen LogP contribution >= 0.6 is 0 Å². The van der Waals surface area contributed by atoms with Crippen LogP contribution in [0.1, 0.15) is 37.3 Å². The number of carbonyl (C=O) groups excluding carboxylic acids is 1. The lowest BCUT2D eigenvalue weighted by molar-refractivity contribution is -0.124. The number of halogens is 1. The first-order valence-electron chi connectivity index (χ1n) is 14.0. The second-order valence-corrected chi connectivity index (χ2v) is 11.0. The number of rotatable bonds is 9. The summed E-state index contributed by atoms with van der Waals surface area (Å²) in [6, 6.07) is 8.04. The van der Waals surface area contributed by atoms with Crippen LogP contribution in [0.3, 0.4) is 0 Å². The summed E-state index contributed by atoms with van der Waals surface area (Å²) in [5, 5.41) is 6.79. The molecule has 0 saturated carbocycles. The van der Waals surface area contributed by atoms with E-state index in [0.29, 0.717) is 35.6 Å². The molecule has 8 nitrogen and oxygen atoms in total. The van der Waals surface area contributed by atoms with Crippen LogP contribution in [0.5, 0.6) is 0 Å². The molecular weight excluding hydrogens is 495 g/mol. The third-order valence-electron chi connectivity index (χ3n) is 8.08. The Morgan fingerprint density at radius 3 is 2.77 bits per heavy atom. The number of amides is 1. The van der Waals surface area contributed by atoms with E-state index in [0.717, 1.165) is 30.7 Å². The van der Waals surface area contributed by atoms with E-state index >= 15 is 0 Å². The normalized spacial score (nSPS) is 23.1. The lowest BCUT2D eigenvalue weighted by Crippen LogP contribution is -2.37. The number of aromatic amines is 1.